The van der Waals surface area contributed by atoms with Gasteiger partial charge in [-0.1, -0.05) is 23.2 Å². The van der Waals surface area contributed by atoms with Crippen LogP contribution >= 0.6 is 23.2 Å². The van der Waals surface area contributed by atoms with Crippen molar-refractivity contribution in [3.63, 3.8) is 0 Å². The lowest BCUT2D eigenvalue weighted by atomic mass is 10.3. The van der Waals surface area contributed by atoms with Gasteiger partial charge in [-0.25, -0.2) is 0 Å². The topological polar surface area (TPSA) is 43.4 Å². The van der Waals surface area contributed by atoms with Crippen LogP contribution in [0, 0.1) is 6.07 Å². The van der Waals surface area contributed by atoms with Gasteiger partial charge in [-0.2, -0.15) is 8.42 Å². The second-order valence-corrected chi connectivity index (χ2v) is 4.72. The molecule has 0 amide bonds. The molecule has 0 atom stereocenters. The van der Waals surface area contributed by atoms with E-state index in [2.05, 4.69) is 10.2 Å². The Balaban J connectivity index is 3.03. The van der Waals surface area contributed by atoms with E-state index in [4.69, 9.17) is 23.2 Å². The first kappa shape index (κ1) is 10.6. The number of hydrogen-bond acceptors (Lipinski definition) is 3. The minimum atomic E-state index is -3.56. The molecule has 1 aromatic carbocycles. The highest BCUT2D eigenvalue weighted by atomic mass is 35.5. The van der Waals surface area contributed by atoms with Crippen molar-refractivity contribution >= 4 is 33.3 Å². The van der Waals surface area contributed by atoms with E-state index < -0.39 is 10.1 Å². The molecule has 13 heavy (non-hydrogen) atoms. The maximum absolute atomic E-state index is 10.7. The molecule has 0 saturated carbocycles. The Kier molecular flexibility index (Phi) is 3.05. The fraction of sp³-hybridized carbons (Fsp3) is 0.143. The Hall–Kier alpha value is -0.450. The normalized spacial score (nSPS) is 11.3. The largest absolute Gasteiger partial charge is 0.382 e. The van der Waals surface area contributed by atoms with Crippen molar-refractivity contribution in [2.24, 2.45) is 0 Å². The summed E-state index contributed by atoms with van der Waals surface area (Å²) >= 11 is 11.2. The van der Waals surface area contributed by atoms with Crippen molar-refractivity contribution < 1.29 is 12.6 Å². The molecule has 0 spiro atoms. The third-order valence-electron chi connectivity index (χ3n) is 1.02. The summed E-state index contributed by atoms with van der Waals surface area (Å²) in [5.74, 6) is -0.0139. The van der Waals surface area contributed by atoms with Crippen LogP contribution < -0.4 is 4.18 Å². The zero-order valence-electron chi connectivity index (χ0n) is 6.54. The summed E-state index contributed by atoms with van der Waals surface area (Å²) in [4.78, 5) is 0. The van der Waals surface area contributed by atoms with Crippen molar-refractivity contribution in [2.75, 3.05) is 6.26 Å². The van der Waals surface area contributed by atoms with Crippen LogP contribution in [0.1, 0.15) is 0 Å². The van der Waals surface area contributed by atoms with Crippen LogP contribution in [0.2, 0.25) is 10.0 Å². The Morgan fingerprint density at radius 2 is 2.00 bits per heavy atom. The minimum absolute atomic E-state index is 0.0139. The Labute approximate surface area is 86.4 Å². The molecule has 0 bridgehead atoms. The van der Waals surface area contributed by atoms with Gasteiger partial charge >= 0.3 is 10.1 Å². The molecule has 1 aromatic rings. The van der Waals surface area contributed by atoms with Crippen molar-refractivity contribution in [2.45, 2.75) is 0 Å². The molecule has 1 radical (unpaired) electrons. The van der Waals surface area contributed by atoms with Gasteiger partial charge in [0.2, 0.25) is 0 Å². The molecule has 3 nitrogen and oxygen atoms in total. The maximum atomic E-state index is 10.7. The Morgan fingerprint density at radius 3 is 2.46 bits per heavy atom. The first-order chi connectivity index (χ1) is 5.87. The first-order valence-corrected chi connectivity index (χ1v) is 5.72. The fourth-order valence-electron chi connectivity index (χ4n) is 0.686. The molecule has 0 heterocycles. The van der Waals surface area contributed by atoms with Gasteiger partial charge in [0, 0.05) is 17.2 Å². The molecule has 0 aromatic heterocycles. The van der Waals surface area contributed by atoms with E-state index in [1.54, 1.807) is 0 Å². The van der Waals surface area contributed by atoms with Crippen LogP contribution in [0.15, 0.2) is 12.1 Å². The highest BCUT2D eigenvalue weighted by Crippen LogP contribution is 2.23. The molecule has 0 aliphatic heterocycles. The van der Waals surface area contributed by atoms with E-state index in [1.807, 2.05) is 0 Å². The quantitative estimate of drug-likeness (QED) is 0.743. The molecule has 0 aliphatic carbocycles. The van der Waals surface area contributed by atoms with Gasteiger partial charge < -0.3 is 4.18 Å². The minimum Gasteiger partial charge on any atom is -0.382 e. The summed E-state index contributed by atoms with van der Waals surface area (Å²) in [5.41, 5.74) is 0. The van der Waals surface area contributed by atoms with Gasteiger partial charge in [0.25, 0.3) is 0 Å². The summed E-state index contributed by atoms with van der Waals surface area (Å²) in [5, 5.41) is 0.494. The average molecular weight is 240 g/mol. The number of halogens is 2. The average Bonchev–Trinajstić information content (AvgIpc) is 1.78. The zero-order valence-corrected chi connectivity index (χ0v) is 8.87. The molecular weight excluding hydrogens is 235 g/mol. The maximum Gasteiger partial charge on any atom is 0.306 e. The predicted octanol–water partition coefficient (Wildman–Crippen LogP) is 2.13. The van der Waals surface area contributed by atoms with Crippen LogP contribution in [0.4, 0.5) is 0 Å². The number of hydrogen-bond donors (Lipinski definition) is 0. The zero-order chi connectivity index (χ0) is 10.1. The summed E-state index contributed by atoms with van der Waals surface area (Å²) in [6.45, 7) is 0. The van der Waals surface area contributed by atoms with Crippen molar-refractivity contribution in [3.05, 3.63) is 28.2 Å². The Bertz CT molecular complexity index is 393. The lowest BCUT2D eigenvalue weighted by molar-refractivity contribution is 0.492. The Morgan fingerprint density at radius 1 is 1.38 bits per heavy atom. The summed E-state index contributed by atoms with van der Waals surface area (Å²) < 4.78 is 25.9. The van der Waals surface area contributed by atoms with Crippen molar-refractivity contribution in [1.82, 2.24) is 0 Å². The number of benzene rings is 1. The molecule has 6 heteroatoms. The standard InChI is InChI=1S/C7H5Cl2O3S/c1-13(10,11)12-7-3-5(8)2-6(9)4-7/h2-3H,1H3. The van der Waals surface area contributed by atoms with Crippen molar-refractivity contribution in [1.29, 1.82) is 0 Å². The monoisotopic (exact) mass is 239 g/mol. The molecular formula is C7H5Cl2O3S. The highest BCUT2D eigenvalue weighted by molar-refractivity contribution is 7.86. The van der Waals surface area contributed by atoms with E-state index in [1.165, 1.54) is 12.1 Å². The molecule has 0 fully saturated rings. The highest BCUT2D eigenvalue weighted by Gasteiger charge is 2.06. The van der Waals surface area contributed by atoms with E-state index in [0.29, 0.717) is 5.02 Å². The molecule has 71 valence electrons. The van der Waals surface area contributed by atoms with Crippen LogP contribution in [-0.2, 0) is 10.1 Å². The second-order valence-electron chi connectivity index (χ2n) is 2.30. The van der Waals surface area contributed by atoms with E-state index >= 15 is 0 Å². The smallest absolute Gasteiger partial charge is 0.306 e. The number of rotatable bonds is 2. The third kappa shape index (κ3) is 3.85. The van der Waals surface area contributed by atoms with Crippen LogP contribution in [0.3, 0.4) is 0 Å². The SMILES string of the molecule is CS(=O)(=O)Oc1[c]c(Cl)cc(Cl)c1. The molecule has 1 rings (SSSR count). The van der Waals surface area contributed by atoms with Gasteiger partial charge in [0.1, 0.15) is 0 Å². The lowest BCUT2D eigenvalue weighted by Crippen LogP contribution is -2.05. The third-order valence-corrected chi connectivity index (χ3v) is 1.92. The molecule has 0 aliphatic rings. The first-order valence-electron chi connectivity index (χ1n) is 3.15. The fourth-order valence-corrected chi connectivity index (χ4v) is 1.58. The van der Waals surface area contributed by atoms with Crippen LogP contribution in [0.25, 0.3) is 0 Å². The molecule has 0 unspecified atom stereocenters. The van der Waals surface area contributed by atoms with Crippen molar-refractivity contribution in [3.8, 4) is 5.75 Å². The van der Waals surface area contributed by atoms with Crippen LogP contribution in [0.5, 0.6) is 5.75 Å². The van der Waals surface area contributed by atoms with E-state index in [9.17, 15) is 8.42 Å². The van der Waals surface area contributed by atoms with Gasteiger partial charge in [0.05, 0.1) is 11.3 Å². The predicted molar refractivity (Wildman–Crippen MR) is 50.8 cm³/mol. The van der Waals surface area contributed by atoms with Gasteiger partial charge in [-0.05, 0) is 6.07 Å². The van der Waals surface area contributed by atoms with Gasteiger partial charge in [-0.3, -0.25) is 0 Å². The second kappa shape index (κ2) is 3.74. The summed E-state index contributed by atoms with van der Waals surface area (Å²) in [6, 6.07) is 5.23. The molecule has 0 N–H and O–H groups in total. The van der Waals surface area contributed by atoms with E-state index in [0.717, 1.165) is 6.26 Å². The molecule has 0 saturated heterocycles. The van der Waals surface area contributed by atoms with Gasteiger partial charge in [0.15, 0.2) is 5.75 Å². The van der Waals surface area contributed by atoms with Crippen LogP contribution in [-0.4, -0.2) is 14.7 Å². The van der Waals surface area contributed by atoms with Gasteiger partial charge in [-0.15, -0.1) is 0 Å². The lowest BCUT2D eigenvalue weighted by Gasteiger charge is -2.02. The van der Waals surface area contributed by atoms with E-state index in [-0.39, 0.29) is 10.8 Å². The summed E-state index contributed by atoms with van der Waals surface area (Å²) in [7, 11) is -3.56. The summed E-state index contributed by atoms with van der Waals surface area (Å²) in [6.07, 6.45) is 0.926.